The maximum Gasteiger partial charge on any atom is 0.267 e. The van der Waals surface area contributed by atoms with Gasteiger partial charge in [-0.2, -0.15) is 5.10 Å². The van der Waals surface area contributed by atoms with E-state index in [0.717, 1.165) is 26.9 Å². The van der Waals surface area contributed by atoms with Gasteiger partial charge in [0.15, 0.2) is 0 Å². The van der Waals surface area contributed by atoms with Gasteiger partial charge in [0.2, 0.25) is 0 Å². The van der Waals surface area contributed by atoms with Crippen LogP contribution in [0.5, 0.6) is 0 Å². The van der Waals surface area contributed by atoms with Crippen molar-refractivity contribution in [3.8, 4) is 11.3 Å². The summed E-state index contributed by atoms with van der Waals surface area (Å²) < 4.78 is 2.52. The summed E-state index contributed by atoms with van der Waals surface area (Å²) in [4.78, 5) is 12.2. The van der Waals surface area contributed by atoms with Crippen LogP contribution in [0.15, 0.2) is 63.9 Å². The van der Waals surface area contributed by atoms with E-state index < -0.39 is 0 Å². The number of rotatable bonds is 3. The highest BCUT2D eigenvalue weighted by Gasteiger charge is 2.06. The lowest BCUT2D eigenvalue weighted by Crippen LogP contribution is -2.23. The first kappa shape index (κ1) is 15.7. The Morgan fingerprint density at radius 3 is 2.65 bits per heavy atom. The van der Waals surface area contributed by atoms with Crippen molar-refractivity contribution in [3.63, 3.8) is 0 Å². The lowest BCUT2D eigenvalue weighted by atomic mass is 10.1. The molecular formula is C19H17BrN2O. The molecular weight excluding hydrogens is 352 g/mol. The van der Waals surface area contributed by atoms with Crippen LogP contribution in [0.25, 0.3) is 11.3 Å². The van der Waals surface area contributed by atoms with Crippen LogP contribution in [0.2, 0.25) is 0 Å². The van der Waals surface area contributed by atoms with E-state index in [0.29, 0.717) is 6.54 Å². The SMILES string of the molecule is Cc1ccc(C)c(Cn2nc(-c3cccc(Br)c3)ccc2=O)c1. The Balaban J connectivity index is 2.01. The van der Waals surface area contributed by atoms with Gasteiger partial charge >= 0.3 is 0 Å². The maximum absolute atomic E-state index is 12.2. The van der Waals surface area contributed by atoms with Crippen molar-refractivity contribution in [1.29, 1.82) is 0 Å². The van der Waals surface area contributed by atoms with Gasteiger partial charge in [-0.3, -0.25) is 4.79 Å². The van der Waals surface area contributed by atoms with Crippen molar-refractivity contribution in [2.45, 2.75) is 20.4 Å². The van der Waals surface area contributed by atoms with Crippen LogP contribution in [-0.2, 0) is 6.54 Å². The van der Waals surface area contributed by atoms with Crippen molar-refractivity contribution in [2.75, 3.05) is 0 Å². The molecule has 0 aliphatic carbocycles. The molecule has 0 amide bonds. The van der Waals surface area contributed by atoms with Crippen LogP contribution < -0.4 is 5.56 Å². The van der Waals surface area contributed by atoms with Gasteiger partial charge in [0.25, 0.3) is 5.56 Å². The van der Waals surface area contributed by atoms with Gasteiger partial charge in [-0.1, -0.05) is 51.8 Å². The average molecular weight is 369 g/mol. The standard InChI is InChI=1S/C19H17BrN2O/c1-13-6-7-14(2)16(10-13)12-22-19(23)9-8-18(21-22)15-4-3-5-17(20)11-15/h3-11H,12H2,1-2H3. The summed E-state index contributed by atoms with van der Waals surface area (Å²) in [6.07, 6.45) is 0. The van der Waals surface area contributed by atoms with Crippen molar-refractivity contribution in [2.24, 2.45) is 0 Å². The second kappa shape index (κ2) is 6.50. The molecule has 0 radical (unpaired) electrons. The van der Waals surface area contributed by atoms with Gasteiger partial charge in [0.05, 0.1) is 12.2 Å². The molecule has 0 aliphatic rings. The minimum absolute atomic E-state index is 0.0929. The molecule has 0 N–H and O–H groups in total. The summed E-state index contributed by atoms with van der Waals surface area (Å²) in [5.41, 5.74) is 5.14. The molecule has 0 aliphatic heterocycles. The van der Waals surface area contributed by atoms with E-state index in [1.54, 1.807) is 12.1 Å². The van der Waals surface area contributed by atoms with Gasteiger partial charge in [-0.05, 0) is 43.2 Å². The van der Waals surface area contributed by atoms with Crippen molar-refractivity contribution >= 4 is 15.9 Å². The topological polar surface area (TPSA) is 34.9 Å². The third-order valence-electron chi connectivity index (χ3n) is 3.81. The molecule has 0 bridgehead atoms. The van der Waals surface area contributed by atoms with Crippen molar-refractivity contribution < 1.29 is 0 Å². The molecule has 116 valence electrons. The molecule has 0 saturated heterocycles. The van der Waals surface area contributed by atoms with Crippen LogP contribution in [0.1, 0.15) is 16.7 Å². The van der Waals surface area contributed by atoms with Gasteiger partial charge in [0.1, 0.15) is 0 Å². The molecule has 3 rings (SSSR count). The predicted octanol–water partition coefficient (Wildman–Crippen LogP) is 4.34. The molecule has 1 heterocycles. The summed E-state index contributed by atoms with van der Waals surface area (Å²) in [5, 5.41) is 4.53. The molecule has 0 fully saturated rings. The zero-order chi connectivity index (χ0) is 16.4. The van der Waals surface area contributed by atoms with E-state index >= 15 is 0 Å². The minimum atomic E-state index is -0.0929. The number of aryl methyl sites for hydroxylation is 2. The quantitative estimate of drug-likeness (QED) is 0.689. The Morgan fingerprint density at radius 2 is 1.87 bits per heavy atom. The molecule has 3 aromatic rings. The fraction of sp³-hybridized carbons (Fsp3) is 0.158. The average Bonchev–Trinajstić information content (AvgIpc) is 2.53. The summed E-state index contributed by atoms with van der Waals surface area (Å²) in [6.45, 7) is 4.59. The van der Waals surface area contributed by atoms with E-state index in [2.05, 4.69) is 53.1 Å². The second-order valence-corrected chi connectivity index (χ2v) is 6.57. The van der Waals surface area contributed by atoms with Crippen LogP contribution in [-0.4, -0.2) is 9.78 Å². The molecule has 0 saturated carbocycles. The molecule has 2 aromatic carbocycles. The summed E-state index contributed by atoms with van der Waals surface area (Å²) >= 11 is 3.47. The van der Waals surface area contributed by atoms with Crippen LogP contribution >= 0.6 is 15.9 Å². The maximum atomic E-state index is 12.2. The number of hydrogen-bond donors (Lipinski definition) is 0. The number of benzene rings is 2. The van der Waals surface area contributed by atoms with E-state index in [1.165, 1.54) is 10.2 Å². The Labute approximate surface area is 143 Å². The molecule has 3 nitrogen and oxygen atoms in total. The highest BCUT2D eigenvalue weighted by molar-refractivity contribution is 9.10. The number of aromatic nitrogens is 2. The van der Waals surface area contributed by atoms with E-state index in [4.69, 9.17) is 0 Å². The van der Waals surface area contributed by atoms with E-state index in [9.17, 15) is 4.79 Å². The third-order valence-corrected chi connectivity index (χ3v) is 4.31. The summed E-state index contributed by atoms with van der Waals surface area (Å²) in [5.74, 6) is 0. The van der Waals surface area contributed by atoms with E-state index in [1.807, 2.05) is 24.3 Å². The fourth-order valence-corrected chi connectivity index (χ4v) is 2.90. The molecule has 0 atom stereocenters. The van der Waals surface area contributed by atoms with Crippen LogP contribution in [0.3, 0.4) is 0 Å². The fourth-order valence-electron chi connectivity index (χ4n) is 2.50. The Hall–Kier alpha value is -2.20. The van der Waals surface area contributed by atoms with E-state index in [-0.39, 0.29) is 5.56 Å². The molecule has 0 spiro atoms. The van der Waals surface area contributed by atoms with Gasteiger partial charge in [-0.25, -0.2) is 4.68 Å². The Bertz CT molecular complexity index is 915. The third kappa shape index (κ3) is 3.59. The number of hydrogen-bond acceptors (Lipinski definition) is 2. The molecule has 23 heavy (non-hydrogen) atoms. The first-order chi connectivity index (χ1) is 11.0. The lowest BCUT2D eigenvalue weighted by Gasteiger charge is -2.10. The highest BCUT2D eigenvalue weighted by atomic mass is 79.9. The summed E-state index contributed by atoms with van der Waals surface area (Å²) in [7, 11) is 0. The van der Waals surface area contributed by atoms with Gasteiger partial charge < -0.3 is 0 Å². The van der Waals surface area contributed by atoms with Crippen LogP contribution in [0, 0.1) is 13.8 Å². The Morgan fingerprint density at radius 1 is 1.04 bits per heavy atom. The molecule has 1 aromatic heterocycles. The van der Waals surface area contributed by atoms with Gasteiger partial charge in [-0.15, -0.1) is 0 Å². The molecule has 0 unspecified atom stereocenters. The largest absolute Gasteiger partial charge is 0.268 e. The smallest absolute Gasteiger partial charge is 0.267 e. The van der Waals surface area contributed by atoms with Gasteiger partial charge in [0, 0.05) is 16.1 Å². The Kier molecular flexibility index (Phi) is 4.44. The normalized spacial score (nSPS) is 10.7. The zero-order valence-electron chi connectivity index (χ0n) is 13.1. The summed E-state index contributed by atoms with van der Waals surface area (Å²) in [6, 6.07) is 17.5. The zero-order valence-corrected chi connectivity index (χ0v) is 14.7. The highest BCUT2D eigenvalue weighted by Crippen LogP contribution is 2.20. The first-order valence-electron chi connectivity index (χ1n) is 7.43. The number of halogens is 1. The monoisotopic (exact) mass is 368 g/mol. The predicted molar refractivity (Wildman–Crippen MR) is 96.7 cm³/mol. The van der Waals surface area contributed by atoms with Crippen molar-refractivity contribution in [3.05, 3.63) is 86.1 Å². The number of nitrogens with zero attached hydrogens (tertiary/aromatic N) is 2. The lowest BCUT2D eigenvalue weighted by molar-refractivity contribution is 0.640. The minimum Gasteiger partial charge on any atom is -0.268 e. The second-order valence-electron chi connectivity index (χ2n) is 5.65. The van der Waals surface area contributed by atoms with Crippen molar-refractivity contribution in [1.82, 2.24) is 9.78 Å². The van der Waals surface area contributed by atoms with Crippen LogP contribution in [0.4, 0.5) is 0 Å². The molecule has 4 heteroatoms. The first-order valence-corrected chi connectivity index (χ1v) is 8.22.